The maximum atomic E-state index is 11.4. The third kappa shape index (κ3) is 2.26. The summed E-state index contributed by atoms with van der Waals surface area (Å²) >= 11 is 6.03. The minimum absolute atomic E-state index is 0.122. The van der Waals surface area contributed by atoms with E-state index in [0.29, 0.717) is 17.0 Å². The summed E-state index contributed by atoms with van der Waals surface area (Å²) in [4.78, 5) is 13.3. The second-order valence-corrected chi connectivity index (χ2v) is 3.74. The van der Waals surface area contributed by atoms with Gasteiger partial charge in [0.2, 0.25) is 0 Å². The van der Waals surface area contributed by atoms with Crippen LogP contribution in [0.3, 0.4) is 0 Å². The van der Waals surface area contributed by atoms with Gasteiger partial charge in [-0.25, -0.2) is 0 Å². The molecular weight excluding hydrogens is 198 g/mol. The van der Waals surface area contributed by atoms with Crippen molar-refractivity contribution in [3.05, 3.63) is 28.8 Å². The molecule has 2 nitrogen and oxygen atoms in total. The first-order chi connectivity index (χ1) is 6.56. The monoisotopic (exact) mass is 211 g/mol. The molecule has 0 amide bonds. The minimum atomic E-state index is 0.122. The van der Waals surface area contributed by atoms with E-state index in [4.69, 9.17) is 11.6 Å². The number of nitrogens with zero attached hydrogens (tertiary/aromatic N) is 1. The first-order valence-electron chi connectivity index (χ1n) is 4.56. The molecule has 3 heteroatoms. The molecule has 0 aromatic heterocycles. The van der Waals surface area contributed by atoms with E-state index in [1.54, 1.807) is 6.07 Å². The largest absolute Gasteiger partial charge is 0.376 e. The Hall–Kier alpha value is -1.02. The molecule has 0 saturated heterocycles. The van der Waals surface area contributed by atoms with Crippen molar-refractivity contribution in [3.63, 3.8) is 0 Å². The second-order valence-electron chi connectivity index (χ2n) is 3.34. The zero-order valence-electron chi connectivity index (χ0n) is 8.67. The number of carbonyl (C=O) groups is 1. The molecule has 0 unspecified atom stereocenters. The molecule has 1 rings (SSSR count). The Balaban J connectivity index is 3.06. The average molecular weight is 212 g/mol. The van der Waals surface area contributed by atoms with Gasteiger partial charge in [-0.1, -0.05) is 18.5 Å². The SMILES string of the molecule is CCC(=O)c1ccc(N(C)C)c(Cl)c1. The maximum absolute atomic E-state index is 11.4. The predicted octanol–water partition coefficient (Wildman–Crippen LogP) is 3.00. The van der Waals surface area contributed by atoms with Gasteiger partial charge in [0, 0.05) is 26.1 Å². The van der Waals surface area contributed by atoms with Gasteiger partial charge in [-0.2, -0.15) is 0 Å². The predicted molar refractivity (Wildman–Crippen MR) is 60.4 cm³/mol. The topological polar surface area (TPSA) is 20.3 Å². The van der Waals surface area contributed by atoms with E-state index in [2.05, 4.69) is 0 Å². The van der Waals surface area contributed by atoms with Gasteiger partial charge in [0.1, 0.15) is 0 Å². The zero-order valence-corrected chi connectivity index (χ0v) is 9.43. The lowest BCUT2D eigenvalue weighted by atomic mass is 10.1. The summed E-state index contributed by atoms with van der Waals surface area (Å²) in [5.74, 6) is 0.122. The number of halogens is 1. The van der Waals surface area contributed by atoms with E-state index in [1.165, 1.54) is 0 Å². The Morgan fingerprint density at radius 3 is 2.50 bits per heavy atom. The highest BCUT2D eigenvalue weighted by molar-refractivity contribution is 6.33. The Bertz CT molecular complexity index is 347. The van der Waals surface area contributed by atoms with Gasteiger partial charge in [-0.05, 0) is 18.2 Å². The molecule has 0 radical (unpaired) electrons. The standard InChI is InChI=1S/C11H14ClNO/c1-4-11(14)8-5-6-10(13(2)3)9(12)7-8/h5-7H,4H2,1-3H3. The van der Waals surface area contributed by atoms with Crippen molar-refractivity contribution in [1.82, 2.24) is 0 Å². The van der Waals surface area contributed by atoms with Crippen molar-refractivity contribution in [2.24, 2.45) is 0 Å². The van der Waals surface area contributed by atoms with Crippen molar-refractivity contribution in [2.75, 3.05) is 19.0 Å². The fourth-order valence-electron chi connectivity index (χ4n) is 1.25. The van der Waals surface area contributed by atoms with Crippen molar-refractivity contribution in [3.8, 4) is 0 Å². The van der Waals surface area contributed by atoms with Crippen molar-refractivity contribution in [1.29, 1.82) is 0 Å². The number of benzene rings is 1. The summed E-state index contributed by atoms with van der Waals surface area (Å²) in [6, 6.07) is 5.40. The van der Waals surface area contributed by atoms with Gasteiger partial charge >= 0.3 is 0 Å². The van der Waals surface area contributed by atoms with Crippen LogP contribution in [0.2, 0.25) is 5.02 Å². The number of ketones is 1. The molecule has 0 spiro atoms. The lowest BCUT2D eigenvalue weighted by Gasteiger charge is -2.14. The molecule has 0 atom stereocenters. The number of carbonyl (C=O) groups excluding carboxylic acids is 1. The number of Topliss-reactive ketones (excluding diaryl/α,β-unsaturated/α-hetero) is 1. The molecule has 1 aromatic carbocycles. The van der Waals surface area contributed by atoms with Crippen LogP contribution in [-0.2, 0) is 0 Å². The molecular formula is C11H14ClNO. The van der Waals surface area contributed by atoms with Crippen LogP contribution in [0.1, 0.15) is 23.7 Å². The molecule has 0 saturated carbocycles. The first kappa shape index (κ1) is 11.1. The Kier molecular flexibility index (Phi) is 3.53. The number of hydrogen-bond acceptors (Lipinski definition) is 2. The van der Waals surface area contributed by atoms with Crippen LogP contribution in [0.5, 0.6) is 0 Å². The van der Waals surface area contributed by atoms with E-state index >= 15 is 0 Å². The summed E-state index contributed by atoms with van der Waals surface area (Å²) in [5, 5.41) is 0.620. The van der Waals surface area contributed by atoms with Gasteiger partial charge in [0.05, 0.1) is 10.7 Å². The Morgan fingerprint density at radius 2 is 2.07 bits per heavy atom. The van der Waals surface area contributed by atoms with Crippen molar-refractivity contribution >= 4 is 23.1 Å². The van der Waals surface area contributed by atoms with Crippen LogP contribution in [0.4, 0.5) is 5.69 Å². The Labute approximate surface area is 89.5 Å². The molecule has 0 fully saturated rings. The maximum Gasteiger partial charge on any atom is 0.162 e. The van der Waals surface area contributed by atoms with Gasteiger partial charge in [-0.3, -0.25) is 4.79 Å². The van der Waals surface area contributed by atoms with E-state index in [1.807, 2.05) is 38.1 Å². The fraction of sp³-hybridized carbons (Fsp3) is 0.364. The molecule has 14 heavy (non-hydrogen) atoms. The number of hydrogen-bond donors (Lipinski definition) is 0. The zero-order chi connectivity index (χ0) is 10.7. The molecule has 76 valence electrons. The lowest BCUT2D eigenvalue weighted by Crippen LogP contribution is -2.09. The molecule has 0 bridgehead atoms. The van der Waals surface area contributed by atoms with Crippen molar-refractivity contribution < 1.29 is 4.79 Å². The molecule has 0 aliphatic heterocycles. The quantitative estimate of drug-likeness (QED) is 0.717. The smallest absolute Gasteiger partial charge is 0.162 e. The van der Waals surface area contributed by atoms with Gasteiger partial charge < -0.3 is 4.90 Å². The van der Waals surface area contributed by atoms with Gasteiger partial charge in [-0.15, -0.1) is 0 Å². The highest BCUT2D eigenvalue weighted by Gasteiger charge is 2.07. The molecule has 0 aliphatic carbocycles. The third-order valence-corrected chi connectivity index (χ3v) is 2.38. The summed E-state index contributed by atoms with van der Waals surface area (Å²) in [6.45, 7) is 1.84. The first-order valence-corrected chi connectivity index (χ1v) is 4.94. The van der Waals surface area contributed by atoms with Crippen LogP contribution in [0, 0.1) is 0 Å². The summed E-state index contributed by atoms with van der Waals surface area (Å²) in [7, 11) is 3.84. The van der Waals surface area contributed by atoms with Gasteiger partial charge in [0.15, 0.2) is 5.78 Å². The van der Waals surface area contributed by atoms with E-state index < -0.39 is 0 Å². The van der Waals surface area contributed by atoms with Crippen LogP contribution in [0.15, 0.2) is 18.2 Å². The van der Waals surface area contributed by atoms with Crippen LogP contribution < -0.4 is 4.90 Å². The molecule has 0 aliphatic rings. The van der Waals surface area contributed by atoms with E-state index in [9.17, 15) is 4.79 Å². The highest BCUT2D eigenvalue weighted by atomic mass is 35.5. The van der Waals surface area contributed by atoms with Gasteiger partial charge in [0.25, 0.3) is 0 Å². The highest BCUT2D eigenvalue weighted by Crippen LogP contribution is 2.25. The summed E-state index contributed by atoms with van der Waals surface area (Å²) < 4.78 is 0. The van der Waals surface area contributed by atoms with Crippen LogP contribution in [-0.4, -0.2) is 19.9 Å². The fourth-order valence-corrected chi connectivity index (χ4v) is 1.60. The number of rotatable bonds is 3. The van der Waals surface area contributed by atoms with Crippen molar-refractivity contribution in [2.45, 2.75) is 13.3 Å². The van der Waals surface area contributed by atoms with Crippen LogP contribution in [0.25, 0.3) is 0 Å². The van der Waals surface area contributed by atoms with E-state index in [0.717, 1.165) is 5.69 Å². The average Bonchev–Trinajstić information content (AvgIpc) is 2.15. The Morgan fingerprint density at radius 1 is 1.43 bits per heavy atom. The molecule has 1 aromatic rings. The normalized spacial score (nSPS) is 10.0. The third-order valence-electron chi connectivity index (χ3n) is 2.07. The number of anilines is 1. The summed E-state index contributed by atoms with van der Waals surface area (Å²) in [6.07, 6.45) is 0.512. The minimum Gasteiger partial charge on any atom is -0.376 e. The van der Waals surface area contributed by atoms with E-state index in [-0.39, 0.29) is 5.78 Å². The molecule has 0 N–H and O–H groups in total. The molecule has 0 heterocycles. The summed E-state index contributed by atoms with van der Waals surface area (Å²) in [5.41, 5.74) is 1.61. The van der Waals surface area contributed by atoms with Crippen LogP contribution >= 0.6 is 11.6 Å². The lowest BCUT2D eigenvalue weighted by molar-refractivity contribution is 0.0988. The second kappa shape index (κ2) is 4.47.